The number of ether oxygens (including phenoxy) is 1. The topological polar surface area (TPSA) is 94.7 Å². The lowest BCUT2D eigenvalue weighted by molar-refractivity contribution is -0.401. The van der Waals surface area contributed by atoms with Crippen molar-refractivity contribution in [3.63, 3.8) is 0 Å². The Morgan fingerprint density at radius 2 is 1.87 bits per heavy atom. The van der Waals surface area contributed by atoms with E-state index in [1.807, 2.05) is 4.90 Å². The molecule has 3 aliphatic heterocycles. The van der Waals surface area contributed by atoms with Gasteiger partial charge < -0.3 is 9.64 Å². The molecule has 0 aliphatic carbocycles. The molecule has 156 valence electrons. The number of nitrogens with zero attached hydrogens (tertiary/aromatic N) is 5. The summed E-state index contributed by atoms with van der Waals surface area (Å²) in [5.74, 6) is 0.582. The van der Waals surface area contributed by atoms with Gasteiger partial charge in [-0.25, -0.2) is 9.59 Å². The quantitative estimate of drug-likeness (QED) is 0.699. The summed E-state index contributed by atoms with van der Waals surface area (Å²) < 4.78 is 7.01. The number of rotatable bonds is 4. The van der Waals surface area contributed by atoms with Gasteiger partial charge in [0.15, 0.2) is 6.61 Å². The Hall–Kier alpha value is -3.36. The van der Waals surface area contributed by atoms with E-state index in [1.165, 1.54) is 11.6 Å². The van der Waals surface area contributed by atoms with E-state index in [9.17, 15) is 14.4 Å². The van der Waals surface area contributed by atoms with Crippen LogP contribution in [0.15, 0.2) is 34.3 Å². The van der Waals surface area contributed by atoms with Crippen molar-refractivity contribution in [3.8, 4) is 5.75 Å². The Labute approximate surface area is 174 Å². The number of fused-ring (bicyclic) bond motifs is 1. The minimum Gasteiger partial charge on any atom is -0.484 e. The molecule has 9 heteroatoms. The fourth-order valence-electron chi connectivity index (χ4n) is 3.68. The largest absolute Gasteiger partial charge is 0.484 e. The van der Waals surface area contributed by atoms with Gasteiger partial charge in [0, 0.05) is 18.7 Å². The molecule has 1 fully saturated rings. The molecule has 0 radical (unpaired) electrons. The Morgan fingerprint density at radius 3 is 2.60 bits per heavy atom. The van der Waals surface area contributed by atoms with E-state index >= 15 is 0 Å². The van der Waals surface area contributed by atoms with Gasteiger partial charge in [-0.15, -0.1) is 0 Å². The van der Waals surface area contributed by atoms with Gasteiger partial charge in [0.1, 0.15) is 5.75 Å². The van der Waals surface area contributed by atoms with Crippen molar-refractivity contribution >= 4 is 35.2 Å². The van der Waals surface area contributed by atoms with E-state index in [1.54, 1.807) is 31.3 Å². The highest BCUT2D eigenvalue weighted by Crippen LogP contribution is 2.19. The van der Waals surface area contributed by atoms with Crippen molar-refractivity contribution in [2.24, 2.45) is 9.98 Å². The van der Waals surface area contributed by atoms with Crippen LogP contribution in [0.2, 0.25) is 0 Å². The molecule has 0 spiro atoms. The minimum atomic E-state index is -0.484. The van der Waals surface area contributed by atoms with Crippen molar-refractivity contribution in [2.75, 3.05) is 33.8 Å². The molecule has 0 atom stereocenters. The smallest absolute Gasteiger partial charge is 0.446 e. The fourth-order valence-corrected chi connectivity index (χ4v) is 3.68. The molecule has 0 aromatic heterocycles. The molecular weight excluding hydrogens is 386 g/mol. The summed E-state index contributed by atoms with van der Waals surface area (Å²) in [6, 6.07) is 6.60. The van der Waals surface area contributed by atoms with Crippen LogP contribution in [0.3, 0.4) is 0 Å². The van der Waals surface area contributed by atoms with Crippen LogP contribution in [0.25, 0.3) is 0 Å². The van der Waals surface area contributed by atoms with Gasteiger partial charge in [-0.2, -0.15) is 14.5 Å². The lowest BCUT2D eigenvalue weighted by Gasteiger charge is -2.20. The summed E-state index contributed by atoms with van der Waals surface area (Å²) in [6.45, 7) is 1.54. The number of aliphatic imine (C=N–C) groups is 2. The molecule has 1 aromatic carbocycles. The molecule has 1 saturated heterocycles. The molecule has 9 nitrogen and oxygen atoms in total. The summed E-state index contributed by atoms with van der Waals surface area (Å²) in [6.07, 6.45) is 4.39. The second-order valence-electron chi connectivity index (χ2n) is 7.54. The Morgan fingerprint density at radius 1 is 1.13 bits per heavy atom. The zero-order valence-electron chi connectivity index (χ0n) is 17.1. The van der Waals surface area contributed by atoms with Crippen molar-refractivity contribution in [2.45, 2.75) is 25.7 Å². The van der Waals surface area contributed by atoms with Crippen LogP contribution in [0.4, 0.5) is 4.79 Å². The first-order chi connectivity index (χ1) is 14.5. The highest BCUT2D eigenvalue weighted by molar-refractivity contribution is 6.70. The monoisotopic (exact) mass is 410 g/mol. The maximum absolute atomic E-state index is 12.4. The number of carbonyl (C=O) groups excluding carboxylic acids is 3. The lowest BCUT2D eigenvalue weighted by Crippen LogP contribution is -2.51. The average molecular weight is 410 g/mol. The predicted molar refractivity (Wildman–Crippen MR) is 110 cm³/mol. The van der Waals surface area contributed by atoms with Gasteiger partial charge in [0.05, 0.1) is 14.1 Å². The van der Waals surface area contributed by atoms with Crippen molar-refractivity contribution < 1.29 is 23.7 Å². The van der Waals surface area contributed by atoms with Crippen LogP contribution in [0, 0.1) is 0 Å². The third kappa shape index (κ3) is 3.74. The summed E-state index contributed by atoms with van der Waals surface area (Å²) in [7, 11) is 2.96. The van der Waals surface area contributed by atoms with Gasteiger partial charge >= 0.3 is 17.8 Å². The molecule has 30 heavy (non-hydrogen) atoms. The first-order valence-electron chi connectivity index (χ1n) is 10.1. The number of amides is 4. The molecule has 3 aliphatic rings. The van der Waals surface area contributed by atoms with E-state index in [-0.39, 0.29) is 24.1 Å². The number of amidine groups is 2. The SMILES string of the molecule is CN1C(=O)C2=NC(c3cccc(OCC(=O)N4CCCCCC4)c3)=NC2=[N+](C)C1=O. The zero-order valence-corrected chi connectivity index (χ0v) is 17.1. The second kappa shape index (κ2) is 8.17. The highest BCUT2D eigenvalue weighted by atomic mass is 16.5. The molecule has 0 unspecified atom stereocenters. The summed E-state index contributed by atoms with van der Waals surface area (Å²) in [5.41, 5.74) is 0.776. The number of imide groups is 1. The van der Waals surface area contributed by atoms with E-state index in [0.717, 1.165) is 43.7 Å². The second-order valence-corrected chi connectivity index (χ2v) is 7.54. The molecule has 4 amide bonds. The molecule has 0 bridgehead atoms. The molecule has 3 heterocycles. The van der Waals surface area contributed by atoms with Crippen LogP contribution in [0.5, 0.6) is 5.75 Å². The van der Waals surface area contributed by atoms with Crippen molar-refractivity contribution in [1.29, 1.82) is 0 Å². The summed E-state index contributed by atoms with van der Waals surface area (Å²) in [4.78, 5) is 48.5. The number of carbonyl (C=O) groups is 3. The third-order valence-corrected chi connectivity index (χ3v) is 5.45. The summed E-state index contributed by atoms with van der Waals surface area (Å²) in [5, 5.41) is 0. The molecule has 0 N–H and O–H groups in total. The van der Waals surface area contributed by atoms with E-state index < -0.39 is 11.9 Å². The minimum absolute atomic E-state index is 0.0175. The number of urea groups is 1. The normalized spacial score (nSPS) is 19.4. The zero-order chi connectivity index (χ0) is 21.3. The van der Waals surface area contributed by atoms with Gasteiger partial charge in [0.2, 0.25) is 11.5 Å². The van der Waals surface area contributed by atoms with Gasteiger partial charge in [-0.05, 0) is 31.0 Å². The lowest BCUT2D eigenvalue weighted by atomic mass is 10.2. The van der Waals surface area contributed by atoms with Crippen LogP contribution >= 0.6 is 0 Å². The van der Waals surface area contributed by atoms with Crippen LogP contribution in [0.1, 0.15) is 31.2 Å². The standard InChI is InChI=1S/C21H24N5O4/c1-24-19-17(20(28)25(2)21(24)29)22-18(23-19)14-8-7-9-15(12-14)30-13-16(27)26-10-5-3-4-6-11-26/h7-9,12H,3-6,10-11,13H2,1-2H3/q+1. The number of hydrogen-bond acceptors (Lipinski definition) is 6. The predicted octanol–water partition coefficient (Wildman–Crippen LogP) is 1.30. The van der Waals surface area contributed by atoms with Crippen LogP contribution in [-0.4, -0.2) is 83.4 Å². The third-order valence-electron chi connectivity index (χ3n) is 5.45. The molecular formula is C21H24N5O4+. The van der Waals surface area contributed by atoms with Gasteiger partial charge in [-0.1, -0.05) is 23.9 Å². The van der Waals surface area contributed by atoms with Crippen molar-refractivity contribution in [3.05, 3.63) is 29.8 Å². The maximum atomic E-state index is 12.4. The number of likely N-dealkylation sites (tertiary alicyclic amines) is 1. The highest BCUT2D eigenvalue weighted by Gasteiger charge is 2.44. The first kappa shape index (κ1) is 19.9. The Bertz CT molecular complexity index is 1000. The number of benzene rings is 1. The van der Waals surface area contributed by atoms with E-state index in [4.69, 9.17) is 4.74 Å². The Kier molecular flexibility index (Phi) is 5.43. The van der Waals surface area contributed by atoms with Crippen LogP contribution in [-0.2, 0) is 9.59 Å². The average Bonchev–Trinajstić information content (AvgIpc) is 3.03. The summed E-state index contributed by atoms with van der Waals surface area (Å²) >= 11 is 0. The first-order valence-corrected chi connectivity index (χ1v) is 10.1. The van der Waals surface area contributed by atoms with Gasteiger partial charge in [0.25, 0.3) is 5.91 Å². The van der Waals surface area contributed by atoms with Gasteiger partial charge in [-0.3, -0.25) is 4.79 Å². The number of hydrogen-bond donors (Lipinski definition) is 0. The van der Waals surface area contributed by atoms with E-state index in [2.05, 4.69) is 9.98 Å². The maximum Gasteiger partial charge on any atom is 0.446 e. The van der Waals surface area contributed by atoms with Crippen LogP contribution < -0.4 is 4.74 Å². The van der Waals surface area contributed by atoms with Crippen molar-refractivity contribution in [1.82, 2.24) is 9.80 Å². The molecule has 1 aromatic rings. The molecule has 0 saturated carbocycles. The Balaban J connectivity index is 1.49. The fraction of sp³-hybridized carbons (Fsp3) is 0.429. The molecule has 4 rings (SSSR count). The van der Waals surface area contributed by atoms with E-state index in [0.29, 0.717) is 17.1 Å².